The third-order valence-electron chi connectivity index (χ3n) is 3.74. The standard InChI is InChI=1S/C14H25N5O2/c1-21-10-4-2-3-7-16-14(20)13-11-19(18-17-13)12-5-8-15-9-6-12/h11-12,15H,2-10H2,1H3,(H,16,20). The average molecular weight is 295 g/mol. The number of aromatic nitrogens is 3. The summed E-state index contributed by atoms with van der Waals surface area (Å²) in [6.07, 6.45) is 6.86. The molecule has 1 aliphatic heterocycles. The molecule has 118 valence electrons. The van der Waals surface area contributed by atoms with Crippen LogP contribution < -0.4 is 10.6 Å². The molecule has 1 saturated heterocycles. The molecule has 2 rings (SSSR count). The second kappa shape index (κ2) is 8.74. The maximum absolute atomic E-state index is 12.0. The van der Waals surface area contributed by atoms with E-state index in [1.165, 1.54) is 0 Å². The van der Waals surface area contributed by atoms with Crippen LogP contribution >= 0.6 is 0 Å². The molecule has 0 bridgehead atoms. The number of nitrogens with one attached hydrogen (secondary N) is 2. The van der Waals surface area contributed by atoms with E-state index in [-0.39, 0.29) is 5.91 Å². The number of piperidine rings is 1. The molecule has 2 N–H and O–H groups in total. The Morgan fingerprint density at radius 2 is 2.24 bits per heavy atom. The highest BCUT2D eigenvalue weighted by atomic mass is 16.5. The summed E-state index contributed by atoms with van der Waals surface area (Å²) in [5.41, 5.74) is 0.408. The van der Waals surface area contributed by atoms with E-state index < -0.39 is 0 Å². The fourth-order valence-electron chi connectivity index (χ4n) is 2.47. The molecule has 0 spiro atoms. The number of rotatable bonds is 8. The van der Waals surface area contributed by atoms with Crippen molar-refractivity contribution in [2.45, 2.75) is 38.1 Å². The lowest BCUT2D eigenvalue weighted by Crippen LogP contribution is -2.29. The topological polar surface area (TPSA) is 81.1 Å². The molecule has 21 heavy (non-hydrogen) atoms. The molecule has 7 heteroatoms. The highest BCUT2D eigenvalue weighted by Gasteiger charge is 2.18. The van der Waals surface area contributed by atoms with Crippen molar-refractivity contribution in [1.29, 1.82) is 0 Å². The summed E-state index contributed by atoms with van der Waals surface area (Å²) >= 11 is 0. The Bertz CT molecular complexity index is 429. The number of unbranched alkanes of at least 4 members (excludes halogenated alkanes) is 2. The van der Waals surface area contributed by atoms with Gasteiger partial charge in [0.05, 0.1) is 12.2 Å². The van der Waals surface area contributed by atoms with Gasteiger partial charge >= 0.3 is 0 Å². The van der Waals surface area contributed by atoms with Crippen LogP contribution in [0.1, 0.15) is 48.6 Å². The van der Waals surface area contributed by atoms with Crippen molar-refractivity contribution in [2.75, 3.05) is 33.4 Å². The summed E-state index contributed by atoms with van der Waals surface area (Å²) in [7, 11) is 1.70. The Hall–Kier alpha value is -1.47. The predicted molar refractivity (Wildman–Crippen MR) is 79.2 cm³/mol. The number of carbonyl (C=O) groups is 1. The average Bonchev–Trinajstić information content (AvgIpc) is 3.01. The zero-order valence-electron chi connectivity index (χ0n) is 12.7. The lowest BCUT2D eigenvalue weighted by Gasteiger charge is -2.22. The minimum Gasteiger partial charge on any atom is -0.385 e. The second-order valence-corrected chi connectivity index (χ2v) is 5.37. The summed E-state index contributed by atoms with van der Waals surface area (Å²) in [5.74, 6) is -0.137. The molecule has 0 aromatic carbocycles. The molecule has 1 aromatic rings. The first kappa shape index (κ1) is 15.9. The van der Waals surface area contributed by atoms with Crippen LogP contribution in [0.15, 0.2) is 6.20 Å². The quantitative estimate of drug-likeness (QED) is 0.692. The van der Waals surface area contributed by atoms with Crippen LogP contribution in [0, 0.1) is 0 Å². The van der Waals surface area contributed by atoms with Crippen molar-refractivity contribution in [3.8, 4) is 0 Å². The van der Waals surface area contributed by atoms with Gasteiger partial charge < -0.3 is 15.4 Å². The largest absolute Gasteiger partial charge is 0.385 e. The summed E-state index contributed by atoms with van der Waals surface area (Å²) in [5, 5.41) is 14.3. The summed E-state index contributed by atoms with van der Waals surface area (Å²) in [6, 6.07) is 0.356. The highest BCUT2D eigenvalue weighted by molar-refractivity contribution is 5.91. The normalized spacial score (nSPS) is 16.0. The second-order valence-electron chi connectivity index (χ2n) is 5.37. The SMILES string of the molecule is COCCCCCNC(=O)c1cn(C2CCNCC2)nn1. The smallest absolute Gasteiger partial charge is 0.273 e. The maximum Gasteiger partial charge on any atom is 0.273 e. The van der Waals surface area contributed by atoms with E-state index in [0.29, 0.717) is 18.3 Å². The molecular formula is C14H25N5O2. The van der Waals surface area contributed by atoms with Gasteiger partial charge in [-0.2, -0.15) is 0 Å². The van der Waals surface area contributed by atoms with E-state index in [9.17, 15) is 4.79 Å². The molecule has 1 aromatic heterocycles. The van der Waals surface area contributed by atoms with E-state index in [1.54, 1.807) is 13.3 Å². The zero-order chi connectivity index (χ0) is 14.9. The third-order valence-corrected chi connectivity index (χ3v) is 3.74. The lowest BCUT2D eigenvalue weighted by atomic mass is 10.1. The molecule has 0 radical (unpaired) electrons. The first-order chi connectivity index (χ1) is 10.3. The maximum atomic E-state index is 12.0. The van der Waals surface area contributed by atoms with Gasteiger partial charge in [-0.1, -0.05) is 5.21 Å². The van der Waals surface area contributed by atoms with Crippen LogP contribution in [0.2, 0.25) is 0 Å². The molecule has 1 fully saturated rings. The zero-order valence-corrected chi connectivity index (χ0v) is 12.7. The Balaban J connectivity index is 1.71. The van der Waals surface area contributed by atoms with Crippen molar-refractivity contribution >= 4 is 5.91 Å². The van der Waals surface area contributed by atoms with Gasteiger partial charge in [0, 0.05) is 20.3 Å². The van der Waals surface area contributed by atoms with Gasteiger partial charge in [-0.05, 0) is 45.2 Å². The van der Waals surface area contributed by atoms with Crippen LogP contribution in [-0.2, 0) is 4.74 Å². The minimum absolute atomic E-state index is 0.137. The Labute approximate surface area is 125 Å². The van der Waals surface area contributed by atoms with E-state index in [2.05, 4.69) is 20.9 Å². The molecule has 0 atom stereocenters. The molecule has 7 nitrogen and oxygen atoms in total. The molecule has 1 amide bonds. The number of nitrogens with zero attached hydrogens (tertiary/aromatic N) is 3. The van der Waals surface area contributed by atoms with Crippen LogP contribution in [-0.4, -0.2) is 54.3 Å². The number of ether oxygens (including phenoxy) is 1. The molecule has 0 saturated carbocycles. The van der Waals surface area contributed by atoms with Gasteiger partial charge in [-0.25, -0.2) is 4.68 Å². The summed E-state index contributed by atoms with van der Waals surface area (Å²) in [6.45, 7) is 3.43. The molecule has 1 aliphatic rings. The Morgan fingerprint density at radius 1 is 1.43 bits per heavy atom. The first-order valence-corrected chi connectivity index (χ1v) is 7.71. The van der Waals surface area contributed by atoms with Crippen molar-refractivity contribution in [3.05, 3.63) is 11.9 Å². The van der Waals surface area contributed by atoms with Crippen molar-refractivity contribution in [3.63, 3.8) is 0 Å². The van der Waals surface area contributed by atoms with Crippen molar-refractivity contribution in [2.24, 2.45) is 0 Å². The van der Waals surface area contributed by atoms with E-state index in [4.69, 9.17) is 4.74 Å². The Kier molecular flexibility index (Phi) is 6.62. The number of hydrogen-bond donors (Lipinski definition) is 2. The molecule has 2 heterocycles. The van der Waals surface area contributed by atoms with Crippen LogP contribution in [0.25, 0.3) is 0 Å². The fourth-order valence-corrected chi connectivity index (χ4v) is 2.47. The number of carbonyl (C=O) groups excluding carboxylic acids is 1. The van der Waals surface area contributed by atoms with Crippen LogP contribution in [0.3, 0.4) is 0 Å². The monoisotopic (exact) mass is 295 g/mol. The summed E-state index contributed by atoms with van der Waals surface area (Å²) in [4.78, 5) is 12.0. The van der Waals surface area contributed by atoms with Crippen molar-refractivity contribution in [1.82, 2.24) is 25.6 Å². The number of hydrogen-bond acceptors (Lipinski definition) is 5. The van der Waals surface area contributed by atoms with E-state index in [1.807, 2.05) is 4.68 Å². The molecule has 0 aliphatic carbocycles. The van der Waals surface area contributed by atoms with Gasteiger partial charge in [0.25, 0.3) is 5.91 Å². The van der Waals surface area contributed by atoms with Gasteiger partial charge in [-0.15, -0.1) is 5.10 Å². The summed E-state index contributed by atoms with van der Waals surface area (Å²) < 4.78 is 6.81. The van der Waals surface area contributed by atoms with Crippen LogP contribution in [0.5, 0.6) is 0 Å². The molecule has 0 unspecified atom stereocenters. The predicted octanol–water partition coefficient (Wildman–Crippen LogP) is 0.749. The van der Waals surface area contributed by atoms with E-state index in [0.717, 1.165) is 51.8 Å². The number of methoxy groups -OCH3 is 1. The fraction of sp³-hybridized carbons (Fsp3) is 0.786. The third kappa shape index (κ3) is 5.09. The highest BCUT2D eigenvalue weighted by Crippen LogP contribution is 2.16. The molecular weight excluding hydrogens is 270 g/mol. The van der Waals surface area contributed by atoms with Crippen LogP contribution in [0.4, 0.5) is 0 Å². The lowest BCUT2D eigenvalue weighted by molar-refractivity contribution is 0.0947. The number of amides is 1. The minimum atomic E-state index is -0.137. The Morgan fingerprint density at radius 3 is 3.00 bits per heavy atom. The van der Waals surface area contributed by atoms with E-state index >= 15 is 0 Å². The van der Waals surface area contributed by atoms with Gasteiger partial charge in [0.15, 0.2) is 5.69 Å². The first-order valence-electron chi connectivity index (χ1n) is 7.71. The van der Waals surface area contributed by atoms with Gasteiger partial charge in [0.1, 0.15) is 0 Å². The van der Waals surface area contributed by atoms with Gasteiger partial charge in [0.2, 0.25) is 0 Å². The van der Waals surface area contributed by atoms with Gasteiger partial charge in [-0.3, -0.25) is 4.79 Å². The van der Waals surface area contributed by atoms with Crippen molar-refractivity contribution < 1.29 is 9.53 Å².